The molecule has 1 aliphatic rings. The van der Waals surface area contributed by atoms with Crippen molar-refractivity contribution in [3.63, 3.8) is 0 Å². The lowest BCUT2D eigenvalue weighted by Gasteiger charge is -2.30. The van der Waals surface area contributed by atoms with Crippen molar-refractivity contribution in [2.75, 3.05) is 27.7 Å². The van der Waals surface area contributed by atoms with Crippen LogP contribution < -0.4 is 0 Å². The Morgan fingerprint density at radius 2 is 2.17 bits per heavy atom. The van der Waals surface area contributed by atoms with Crippen LogP contribution in [0, 0.1) is 0 Å². The molecule has 0 aliphatic carbocycles. The molecule has 2 nitrogen and oxygen atoms in total. The number of nitrogens with zero attached hydrogens (tertiary/aromatic N) is 2. The number of likely N-dealkylation sites (N-methyl/N-ethyl adjacent to an activating group) is 1. The first kappa shape index (κ1) is 9.17. The Hall–Kier alpha value is -0.920. The van der Waals surface area contributed by atoms with Gasteiger partial charge in [0.15, 0.2) is 0 Å². The molecule has 0 spiro atoms. The van der Waals surface area contributed by atoms with Crippen LogP contribution in [0.2, 0.25) is 0 Å². The van der Waals surface area contributed by atoms with Gasteiger partial charge in [-0.1, -0.05) is 6.58 Å². The second-order valence-electron chi connectivity index (χ2n) is 3.61. The third kappa shape index (κ3) is 2.03. The molecule has 0 aromatic carbocycles. The minimum atomic E-state index is 1.14. The molecule has 12 heavy (non-hydrogen) atoms. The van der Waals surface area contributed by atoms with E-state index in [0.29, 0.717) is 0 Å². The maximum atomic E-state index is 4.06. The van der Waals surface area contributed by atoms with Gasteiger partial charge in [-0.2, -0.15) is 0 Å². The second kappa shape index (κ2) is 3.65. The highest BCUT2D eigenvalue weighted by atomic mass is 15.1. The Balaban J connectivity index is 2.76. The topological polar surface area (TPSA) is 6.48 Å². The first-order valence-corrected chi connectivity index (χ1v) is 4.39. The summed E-state index contributed by atoms with van der Waals surface area (Å²) >= 11 is 0. The Morgan fingerprint density at radius 3 is 2.67 bits per heavy atom. The predicted octanol–water partition coefficient (Wildman–Crippen LogP) is 1.67. The highest BCUT2D eigenvalue weighted by Gasteiger charge is 2.14. The summed E-state index contributed by atoms with van der Waals surface area (Å²) in [5, 5.41) is 0. The van der Waals surface area contributed by atoms with Crippen molar-refractivity contribution in [2.45, 2.75) is 12.8 Å². The molecule has 0 atom stereocenters. The fraction of sp³-hybridized carbons (Fsp3) is 0.600. The van der Waals surface area contributed by atoms with Crippen LogP contribution in [0.3, 0.4) is 0 Å². The summed E-state index contributed by atoms with van der Waals surface area (Å²) in [7, 11) is 6.21. The normalized spacial score (nSPS) is 21.8. The molecule has 0 bridgehead atoms. The van der Waals surface area contributed by atoms with Gasteiger partial charge < -0.3 is 9.80 Å². The Labute approximate surface area is 75.2 Å². The van der Waals surface area contributed by atoms with Gasteiger partial charge in [-0.05, 0) is 18.4 Å². The van der Waals surface area contributed by atoms with Gasteiger partial charge in [0, 0.05) is 33.9 Å². The molecule has 0 amide bonds. The van der Waals surface area contributed by atoms with E-state index in [-0.39, 0.29) is 0 Å². The van der Waals surface area contributed by atoms with Crippen molar-refractivity contribution in [3.05, 3.63) is 24.0 Å². The zero-order valence-electron chi connectivity index (χ0n) is 8.30. The smallest absolute Gasteiger partial charge is 0.0551 e. The van der Waals surface area contributed by atoms with E-state index in [1.165, 1.54) is 17.7 Å². The molecule has 0 radical (unpaired) electrons. The zero-order valence-corrected chi connectivity index (χ0v) is 8.30. The molecule has 0 aromatic heterocycles. The molecule has 0 aromatic rings. The van der Waals surface area contributed by atoms with Gasteiger partial charge in [0.05, 0.1) is 5.70 Å². The van der Waals surface area contributed by atoms with Crippen LogP contribution in [0.25, 0.3) is 0 Å². The highest BCUT2D eigenvalue weighted by molar-refractivity contribution is 5.28. The van der Waals surface area contributed by atoms with Gasteiger partial charge in [-0.3, -0.25) is 0 Å². The zero-order chi connectivity index (χ0) is 9.14. The number of allylic oxidation sites excluding steroid dienone is 1. The molecule has 0 saturated carbocycles. The molecule has 68 valence electrons. The molecule has 2 heteroatoms. The number of likely N-dealkylation sites (tertiary alicyclic amines) is 1. The Kier molecular flexibility index (Phi) is 2.79. The average molecular weight is 166 g/mol. The first-order chi connectivity index (χ1) is 5.61. The molecule has 1 rings (SSSR count). The van der Waals surface area contributed by atoms with E-state index in [1.807, 2.05) is 14.1 Å². The predicted molar refractivity (Wildman–Crippen MR) is 52.8 cm³/mol. The lowest BCUT2D eigenvalue weighted by atomic mass is 10.0. The van der Waals surface area contributed by atoms with Crippen molar-refractivity contribution in [1.82, 2.24) is 9.80 Å². The van der Waals surface area contributed by atoms with E-state index in [1.54, 1.807) is 0 Å². The van der Waals surface area contributed by atoms with Crippen LogP contribution in [-0.4, -0.2) is 37.5 Å². The minimum absolute atomic E-state index is 1.14. The number of hydrogen-bond acceptors (Lipinski definition) is 2. The van der Waals surface area contributed by atoms with Crippen LogP contribution >= 0.6 is 0 Å². The van der Waals surface area contributed by atoms with Crippen LogP contribution in [0.4, 0.5) is 0 Å². The third-order valence-electron chi connectivity index (χ3n) is 2.13. The van der Waals surface area contributed by atoms with Crippen LogP contribution in [0.1, 0.15) is 12.8 Å². The summed E-state index contributed by atoms with van der Waals surface area (Å²) in [5.74, 6) is 0. The van der Waals surface area contributed by atoms with Crippen molar-refractivity contribution in [3.8, 4) is 0 Å². The summed E-state index contributed by atoms with van der Waals surface area (Å²) in [6, 6.07) is 0. The van der Waals surface area contributed by atoms with E-state index in [9.17, 15) is 0 Å². The monoisotopic (exact) mass is 166 g/mol. The minimum Gasteiger partial charge on any atom is -0.382 e. The largest absolute Gasteiger partial charge is 0.382 e. The molecule has 1 fully saturated rings. The van der Waals surface area contributed by atoms with Crippen molar-refractivity contribution in [1.29, 1.82) is 0 Å². The maximum absolute atomic E-state index is 4.06. The maximum Gasteiger partial charge on any atom is 0.0551 e. The fourth-order valence-electron chi connectivity index (χ4n) is 1.48. The second-order valence-corrected chi connectivity index (χ2v) is 3.61. The van der Waals surface area contributed by atoms with Gasteiger partial charge in [0.1, 0.15) is 0 Å². The molecule has 0 N–H and O–H groups in total. The Morgan fingerprint density at radius 1 is 1.50 bits per heavy atom. The fourth-order valence-corrected chi connectivity index (χ4v) is 1.48. The molecule has 1 saturated heterocycles. The summed E-state index contributed by atoms with van der Waals surface area (Å²) in [6.45, 7) is 5.21. The molecule has 0 unspecified atom stereocenters. The first-order valence-electron chi connectivity index (χ1n) is 4.39. The number of piperidine rings is 1. The standard InChI is InChI=1S/C10H18N2/c1-9-6-5-7-12(4)10(9)8-11(2)3/h8H,1,5-7H2,2-4H3/b10-8+. The average Bonchev–Trinajstić information content (AvgIpc) is 1.97. The lowest BCUT2D eigenvalue weighted by Crippen LogP contribution is -2.26. The van der Waals surface area contributed by atoms with Gasteiger partial charge >= 0.3 is 0 Å². The highest BCUT2D eigenvalue weighted by Crippen LogP contribution is 2.23. The summed E-state index contributed by atoms with van der Waals surface area (Å²) in [4.78, 5) is 4.34. The van der Waals surface area contributed by atoms with Crippen LogP contribution in [0.5, 0.6) is 0 Å². The van der Waals surface area contributed by atoms with E-state index in [0.717, 1.165) is 13.0 Å². The molecular weight excluding hydrogens is 148 g/mol. The third-order valence-corrected chi connectivity index (χ3v) is 2.13. The molecular formula is C10H18N2. The summed E-state index contributed by atoms with van der Waals surface area (Å²) < 4.78 is 0. The number of hydrogen-bond donors (Lipinski definition) is 0. The van der Waals surface area contributed by atoms with Gasteiger partial charge in [0.25, 0.3) is 0 Å². The quantitative estimate of drug-likeness (QED) is 0.584. The SMILES string of the molecule is C=C1CCCN(C)/C1=C/N(C)C. The lowest BCUT2D eigenvalue weighted by molar-refractivity contribution is 0.372. The van der Waals surface area contributed by atoms with Crippen LogP contribution in [-0.2, 0) is 0 Å². The van der Waals surface area contributed by atoms with Crippen molar-refractivity contribution < 1.29 is 0 Å². The van der Waals surface area contributed by atoms with Crippen molar-refractivity contribution in [2.24, 2.45) is 0 Å². The summed E-state index contributed by atoms with van der Waals surface area (Å²) in [6.07, 6.45) is 4.52. The Bertz CT molecular complexity index is 204. The van der Waals surface area contributed by atoms with E-state index >= 15 is 0 Å². The van der Waals surface area contributed by atoms with Crippen LogP contribution in [0.15, 0.2) is 24.0 Å². The van der Waals surface area contributed by atoms with Gasteiger partial charge in [-0.15, -0.1) is 0 Å². The van der Waals surface area contributed by atoms with E-state index < -0.39 is 0 Å². The van der Waals surface area contributed by atoms with E-state index in [2.05, 4.69) is 29.6 Å². The van der Waals surface area contributed by atoms with E-state index in [4.69, 9.17) is 0 Å². The van der Waals surface area contributed by atoms with Gasteiger partial charge in [0.2, 0.25) is 0 Å². The van der Waals surface area contributed by atoms with Crippen molar-refractivity contribution >= 4 is 0 Å². The van der Waals surface area contributed by atoms with Gasteiger partial charge in [-0.25, -0.2) is 0 Å². The molecule has 1 heterocycles. The molecule has 1 aliphatic heterocycles. The number of rotatable bonds is 1. The summed E-state index contributed by atoms with van der Waals surface area (Å²) in [5.41, 5.74) is 2.55.